The first-order valence-corrected chi connectivity index (χ1v) is 6.38. The average molecular weight is 243 g/mol. The highest BCUT2D eigenvalue weighted by molar-refractivity contribution is 5.43. The summed E-state index contributed by atoms with van der Waals surface area (Å²) in [5.41, 5.74) is 8.32. The van der Waals surface area contributed by atoms with E-state index in [0.29, 0.717) is 24.3 Å². The monoisotopic (exact) mass is 243 g/mol. The summed E-state index contributed by atoms with van der Waals surface area (Å²) in [6.07, 6.45) is 1.78. The first kappa shape index (κ1) is 11.4. The van der Waals surface area contributed by atoms with Crippen molar-refractivity contribution in [1.29, 1.82) is 0 Å². The van der Waals surface area contributed by atoms with Crippen LogP contribution in [-0.4, -0.2) is 16.7 Å². The van der Waals surface area contributed by atoms with Crippen molar-refractivity contribution in [3.63, 3.8) is 0 Å². The molecule has 2 N–H and O–H groups in total. The lowest BCUT2D eigenvalue weighted by Crippen LogP contribution is -2.19. The zero-order valence-electron chi connectivity index (χ0n) is 10.5. The van der Waals surface area contributed by atoms with E-state index in [9.17, 15) is 0 Å². The molecule has 0 spiro atoms. The van der Waals surface area contributed by atoms with Crippen LogP contribution in [-0.2, 0) is 12.8 Å². The molecular formula is C14H17N3O. The fourth-order valence-electron chi connectivity index (χ4n) is 2.36. The Balaban J connectivity index is 1.76. The van der Waals surface area contributed by atoms with Gasteiger partial charge in [0.05, 0.1) is 5.92 Å². The van der Waals surface area contributed by atoms with Crippen molar-refractivity contribution >= 4 is 0 Å². The van der Waals surface area contributed by atoms with Crippen LogP contribution >= 0.6 is 0 Å². The number of fused-ring (bicyclic) bond motifs is 1. The van der Waals surface area contributed by atoms with E-state index in [2.05, 4.69) is 41.3 Å². The number of aromatic nitrogens is 2. The number of nitrogens with zero attached hydrogens (tertiary/aromatic N) is 2. The molecule has 0 fully saturated rings. The van der Waals surface area contributed by atoms with Gasteiger partial charge in [-0.2, -0.15) is 4.98 Å². The van der Waals surface area contributed by atoms with Crippen LogP contribution in [0.2, 0.25) is 0 Å². The third kappa shape index (κ3) is 1.93. The van der Waals surface area contributed by atoms with E-state index in [1.54, 1.807) is 0 Å². The molecule has 1 heterocycles. The Morgan fingerprint density at radius 2 is 2.28 bits per heavy atom. The first-order valence-electron chi connectivity index (χ1n) is 6.38. The summed E-state index contributed by atoms with van der Waals surface area (Å²) in [6, 6.07) is 8.42. The number of nitrogens with two attached hydrogens (primary N) is 1. The van der Waals surface area contributed by atoms with Gasteiger partial charge in [0, 0.05) is 6.42 Å². The Bertz CT molecular complexity index is 549. The fourth-order valence-corrected chi connectivity index (χ4v) is 2.36. The highest BCUT2D eigenvalue weighted by atomic mass is 16.5. The molecule has 2 unspecified atom stereocenters. The van der Waals surface area contributed by atoms with E-state index in [0.717, 1.165) is 18.7 Å². The van der Waals surface area contributed by atoms with E-state index in [-0.39, 0.29) is 0 Å². The Morgan fingerprint density at radius 1 is 1.44 bits per heavy atom. The molecule has 1 aliphatic rings. The summed E-state index contributed by atoms with van der Waals surface area (Å²) in [6.45, 7) is 2.73. The molecule has 0 aliphatic heterocycles. The quantitative estimate of drug-likeness (QED) is 0.890. The van der Waals surface area contributed by atoms with Crippen LogP contribution in [0.25, 0.3) is 0 Å². The lowest BCUT2D eigenvalue weighted by Gasteiger charge is -2.27. The SMILES string of the molecule is CC(CN)Cc1nc(C2Cc3ccccc32)no1. The predicted octanol–water partition coefficient (Wildman–Crippen LogP) is 1.89. The van der Waals surface area contributed by atoms with E-state index in [1.165, 1.54) is 11.1 Å². The molecule has 3 rings (SSSR count). The second kappa shape index (κ2) is 4.53. The molecule has 2 aromatic rings. The van der Waals surface area contributed by atoms with E-state index >= 15 is 0 Å². The van der Waals surface area contributed by atoms with Crippen molar-refractivity contribution in [3.05, 3.63) is 47.1 Å². The average Bonchev–Trinajstić information content (AvgIpc) is 2.79. The second-order valence-corrected chi connectivity index (χ2v) is 5.05. The minimum atomic E-state index is 0.312. The van der Waals surface area contributed by atoms with Gasteiger partial charge in [-0.15, -0.1) is 0 Å². The van der Waals surface area contributed by atoms with Crippen molar-refractivity contribution < 1.29 is 4.52 Å². The number of hydrogen-bond donors (Lipinski definition) is 1. The van der Waals surface area contributed by atoms with Crippen LogP contribution in [0.5, 0.6) is 0 Å². The van der Waals surface area contributed by atoms with Crippen molar-refractivity contribution in [2.45, 2.75) is 25.7 Å². The maximum Gasteiger partial charge on any atom is 0.226 e. The van der Waals surface area contributed by atoms with Crippen molar-refractivity contribution in [2.75, 3.05) is 6.54 Å². The van der Waals surface area contributed by atoms with Crippen LogP contribution in [0.4, 0.5) is 0 Å². The van der Waals surface area contributed by atoms with Gasteiger partial charge in [0.15, 0.2) is 5.82 Å². The van der Waals surface area contributed by atoms with E-state index in [4.69, 9.17) is 10.3 Å². The van der Waals surface area contributed by atoms with E-state index < -0.39 is 0 Å². The lowest BCUT2D eigenvalue weighted by atomic mass is 9.77. The normalized spacial score (nSPS) is 19.1. The van der Waals surface area contributed by atoms with Gasteiger partial charge in [-0.05, 0) is 30.0 Å². The predicted molar refractivity (Wildman–Crippen MR) is 68.2 cm³/mol. The minimum Gasteiger partial charge on any atom is -0.339 e. The van der Waals surface area contributed by atoms with Gasteiger partial charge in [0.1, 0.15) is 0 Å². The fraction of sp³-hybridized carbons (Fsp3) is 0.429. The third-order valence-corrected chi connectivity index (χ3v) is 3.58. The zero-order valence-corrected chi connectivity index (χ0v) is 10.5. The van der Waals surface area contributed by atoms with Gasteiger partial charge in [-0.3, -0.25) is 0 Å². The molecule has 0 saturated carbocycles. The number of hydrogen-bond acceptors (Lipinski definition) is 4. The molecule has 0 saturated heterocycles. The van der Waals surface area contributed by atoms with Crippen LogP contribution in [0.1, 0.15) is 35.7 Å². The van der Waals surface area contributed by atoms with Gasteiger partial charge in [-0.25, -0.2) is 0 Å². The molecule has 1 aromatic carbocycles. The zero-order chi connectivity index (χ0) is 12.5. The molecule has 18 heavy (non-hydrogen) atoms. The molecule has 94 valence electrons. The summed E-state index contributed by atoms with van der Waals surface area (Å²) in [7, 11) is 0. The van der Waals surface area contributed by atoms with Crippen LogP contribution < -0.4 is 5.73 Å². The largest absolute Gasteiger partial charge is 0.339 e. The van der Waals surface area contributed by atoms with Gasteiger partial charge in [0.25, 0.3) is 0 Å². The van der Waals surface area contributed by atoms with Gasteiger partial charge >= 0.3 is 0 Å². The molecule has 4 nitrogen and oxygen atoms in total. The number of rotatable bonds is 4. The Morgan fingerprint density at radius 3 is 3.06 bits per heavy atom. The van der Waals surface area contributed by atoms with Crippen molar-refractivity contribution in [3.8, 4) is 0 Å². The molecule has 1 aromatic heterocycles. The molecule has 0 bridgehead atoms. The Kier molecular flexibility index (Phi) is 2.88. The Hall–Kier alpha value is -1.68. The molecule has 2 atom stereocenters. The maximum absolute atomic E-state index is 5.60. The first-order chi connectivity index (χ1) is 8.78. The summed E-state index contributed by atoms with van der Waals surface area (Å²) in [4.78, 5) is 4.49. The summed E-state index contributed by atoms with van der Waals surface area (Å²) in [5, 5.41) is 4.10. The molecule has 4 heteroatoms. The van der Waals surface area contributed by atoms with Crippen molar-refractivity contribution in [2.24, 2.45) is 11.7 Å². The lowest BCUT2D eigenvalue weighted by molar-refractivity contribution is 0.353. The van der Waals surface area contributed by atoms with Crippen LogP contribution in [0.15, 0.2) is 28.8 Å². The molecule has 0 amide bonds. The van der Waals surface area contributed by atoms with Crippen LogP contribution in [0.3, 0.4) is 0 Å². The van der Waals surface area contributed by atoms with Gasteiger partial charge in [-0.1, -0.05) is 36.3 Å². The minimum absolute atomic E-state index is 0.312. The maximum atomic E-state index is 5.60. The molecule has 1 aliphatic carbocycles. The summed E-state index contributed by atoms with van der Waals surface area (Å²) >= 11 is 0. The second-order valence-electron chi connectivity index (χ2n) is 5.05. The third-order valence-electron chi connectivity index (χ3n) is 3.58. The Labute approximate surface area is 106 Å². The van der Waals surface area contributed by atoms with Gasteiger partial charge < -0.3 is 10.3 Å². The topological polar surface area (TPSA) is 64.9 Å². The summed E-state index contributed by atoms with van der Waals surface area (Å²) < 4.78 is 5.29. The number of benzene rings is 1. The molecular weight excluding hydrogens is 226 g/mol. The van der Waals surface area contributed by atoms with Crippen molar-refractivity contribution in [1.82, 2.24) is 10.1 Å². The van der Waals surface area contributed by atoms with Crippen LogP contribution in [0, 0.1) is 5.92 Å². The molecule has 0 radical (unpaired) electrons. The standard InChI is InChI=1S/C14H17N3O/c1-9(8-15)6-13-16-14(17-18-13)12-7-10-4-2-3-5-11(10)12/h2-5,9,12H,6-8,15H2,1H3. The highest BCUT2D eigenvalue weighted by Crippen LogP contribution is 2.38. The van der Waals surface area contributed by atoms with Gasteiger partial charge in [0.2, 0.25) is 5.89 Å². The highest BCUT2D eigenvalue weighted by Gasteiger charge is 2.30. The van der Waals surface area contributed by atoms with E-state index in [1.807, 2.05) is 0 Å². The summed E-state index contributed by atoms with van der Waals surface area (Å²) in [5.74, 6) is 2.21. The smallest absolute Gasteiger partial charge is 0.226 e.